The molecule has 0 bridgehead atoms. The van der Waals surface area contributed by atoms with Crippen LogP contribution in [0.25, 0.3) is 0 Å². The second-order valence-electron chi connectivity index (χ2n) is 4.48. The quantitative estimate of drug-likeness (QED) is 0.776. The van der Waals surface area contributed by atoms with E-state index in [9.17, 15) is 12.8 Å². The summed E-state index contributed by atoms with van der Waals surface area (Å²) in [6.07, 6.45) is 3.45. The van der Waals surface area contributed by atoms with Gasteiger partial charge < -0.3 is 5.73 Å². The fourth-order valence-electron chi connectivity index (χ4n) is 1.71. The first-order valence-corrected chi connectivity index (χ1v) is 8.30. The van der Waals surface area contributed by atoms with Crippen molar-refractivity contribution in [3.63, 3.8) is 0 Å². The van der Waals surface area contributed by atoms with Crippen LogP contribution in [-0.2, 0) is 16.6 Å². The lowest BCUT2D eigenvalue weighted by Crippen LogP contribution is -2.28. The number of sulfonamides is 1. The molecule has 3 N–H and O–H groups in total. The molecular formula is C12H14BrFN4O2S. The van der Waals surface area contributed by atoms with E-state index >= 15 is 0 Å². The average molecular weight is 377 g/mol. The third kappa shape index (κ3) is 3.80. The van der Waals surface area contributed by atoms with E-state index in [1.807, 2.05) is 6.92 Å². The van der Waals surface area contributed by atoms with Crippen LogP contribution in [0.4, 0.5) is 10.1 Å². The van der Waals surface area contributed by atoms with E-state index in [0.29, 0.717) is 11.0 Å². The zero-order valence-electron chi connectivity index (χ0n) is 11.2. The lowest BCUT2D eigenvalue weighted by atomic mass is 10.3. The van der Waals surface area contributed by atoms with Crippen molar-refractivity contribution in [2.75, 3.05) is 12.3 Å². The van der Waals surface area contributed by atoms with Crippen molar-refractivity contribution < 1.29 is 12.8 Å². The first kappa shape index (κ1) is 15.9. The molecule has 114 valence electrons. The van der Waals surface area contributed by atoms with Gasteiger partial charge in [-0.3, -0.25) is 4.68 Å². The van der Waals surface area contributed by atoms with Crippen LogP contribution in [0.2, 0.25) is 0 Å². The highest BCUT2D eigenvalue weighted by atomic mass is 79.9. The van der Waals surface area contributed by atoms with E-state index in [0.717, 1.165) is 17.7 Å². The molecule has 0 atom stereocenters. The molecule has 0 spiro atoms. The maximum absolute atomic E-state index is 13.8. The Morgan fingerprint density at radius 1 is 1.48 bits per heavy atom. The molecule has 9 heteroatoms. The van der Waals surface area contributed by atoms with Crippen LogP contribution in [0.15, 0.2) is 33.9 Å². The highest BCUT2D eigenvalue weighted by Gasteiger charge is 2.20. The van der Waals surface area contributed by atoms with Crippen LogP contribution in [0.3, 0.4) is 0 Å². The molecule has 0 unspecified atom stereocenters. The summed E-state index contributed by atoms with van der Waals surface area (Å²) in [7, 11) is -3.96. The first-order chi connectivity index (χ1) is 9.79. The summed E-state index contributed by atoms with van der Waals surface area (Å²) in [4.78, 5) is -0.472. The number of nitrogen functional groups attached to an aromatic ring is 1. The lowest BCUT2D eigenvalue weighted by Gasteiger charge is -2.09. The molecule has 1 aromatic heterocycles. The van der Waals surface area contributed by atoms with E-state index in [-0.39, 0.29) is 12.2 Å². The minimum atomic E-state index is -3.96. The number of benzene rings is 1. The smallest absolute Gasteiger partial charge is 0.243 e. The van der Waals surface area contributed by atoms with Crippen LogP contribution >= 0.6 is 15.9 Å². The van der Waals surface area contributed by atoms with Gasteiger partial charge in [-0.05, 0) is 40.5 Å². The number of anilines is 1. The summed E-state index contributed by atoms with van der Waals surface area (Å²) in [5.74, 6) is -0.862. The van der Waals surface area contributed by atoms with Crippen LogP contribution in [-0.4, -0.2) is 24.7 Å². The van der Waals surface area contributed by atoms with Gasteiger partial charge in [0.1, 0.15) is 10.7 Å². The molecule has 0 fully saturated rings. The van der Waals surface area contributed by atoms with Gasteiger partial charge >= 0.3 is 0 Å². The van der Waals surface area contributed by atoms with Crippen molar-refractivity contribution in [2.24, 2.45) is 0 Å². The maximum Gasteiger partial charge on any atom is 0.243 e. The number of rotatable bonds is 5. The van der Waals surface area contributed by atoms with E-state index < -0.39 is 20.7 Å². The number of nitrogens with one attached hydrogen (secondary N) is 1. The van der Waals surface area contributed by atoms with E-state index in [4.69, 9.17) is 5.73 Å². The van der Waals surface area contributed by atoms with Crippen molar-refractivity contribution in [2.45, 2.75) is 18.4 Å². The lowest BCUT2D eigenvalue weighted by molar-refractivity contribution is 0.545. The molecule has 2 aromatic rings. The minimum absolute atomic E-state index is 0.0961. The summed E-state index contributed by atoms with van der Waals surface area (Å²) >= 11 is 3.04. The molecule has 0 aliphatic carbocycles. The average Bonchev–Trinajstić information content (AvgIpc) is 2.79. The standard InChI is InChI=1S/C12H14BrFN4O2S/c1-8-6-16-18(7-8)3-2-17-21(19,20)12-5-11(15)9(13)4-10(12)14/h4-7,17H,2-3,15H2,1H3. The number of nitrogens with two attached hydrogens (primary N) is 1. The fourth-order valence-corrected chi connectivity index (χ4v) is 3.14. The maximum atomic E-state index is 13.8. The summed E-state index contributed by atoms with van der Waals surface area (Å²) in [6.45, 7) is 2.33. The van der Waals surface area contributed by atoms with E-state index in [1.165, 1.54) is 0 Å². The van der Waals surface area contributed by atoms with Crippen molar-refractivity contribution in [1.82, 2.24) is 14.5 Å². The molecule has 1 heterocycles. The Morgan fingerprint density at radius 3 is 2.81 bits per heavy atom. The van der Waals surface area contributed by atoms with Crippen LogP contribution in [0, 0.1) is 12.7 Å². The molecule has 0 saturated heterocycles. The largest absolute Gasteiger partial charge is 0.398 e. The summed E-state index contributed by atoms with van der Waals surface area (Å²) in [5, 5.41) is 4.03. The van der Waals surface area contributed by atoms with Gasteiger partial charge in [0.15, 0.2) is 0 Å². The summed E-state index contributed by atoms with van der Waals surface area (Å²) in [6, 6.07) is 2.11. The predicted molar refractivity (Wildman–Crippen MR) is 80.7 cm³/mol. The molecule has 0 saturated carbocycles. The number of aryl methyl sites for hydroxylation is 1. The third-order valence-corrected chi connectivity index (χ3v) is 4.90. The second kappa shape index (κ2) is 6.12. The monoisotopic (exact) mass is 376 g/mol. The summed E-state index contributed by atoms with van der Waals surface area (Å²) in [5.41, 5.74) is 6.72. The Morgan fingerprint density at radius 2 is 2.19 bits per heavy atom. The van der Waals surface area contributed by atoms with Gasteiger partial charge in [0.05, 0.1) is 12.7 Å². The zero-order chi connectivity index (χ0) is 15.6. The highest BCUT2D eigenvalue weighted by molar-refractivity contribution is 9.10. The van der Waals surface area contributed by atoms with E-state index in [2.05, 4.69) is 25.8 Å². The Kier molecular flexibility index (Phi) is 4.64. The van der Waals surface area contributed by atoms with Gasteiger partial charge in [-0.2, -0.15) is 5.10 Å². The molecule has 0 amide bonds. The zero-order valence-corrected chi connectivity index (χ0v) is 13.6. The molecule has 21 heavy (non-hydrogen) atoms. The number of nitrogens with zero attached hydrogens (tertiary/aromatic N) is 2. The Balaban J connectivity index is 2.10. The van der Waals surface area contributed by atoms with Gasteiger partial charge in [0.2, 0.25) is 10.0 Å². The van der Waals surface area contributed by atoms with Crippen molar-refractivity contribution in [3.05, 3.63) is 40.4 Å². The molecule has 1 aromatic carbocycles. The van der Waals surface area contributed by atoms with Gasteiger partial charge in [-0.1, -0.05) is 0 Å². The SMILES string of the molecule is Cc1cnn(CCNS(=O)(=O)c2cc(N)c(Br)cc2F)c1. The van der Waals surface area contributed by atoms with Crippen LogP contribution < -0.4 is 10.5 Å². The number of hydrogen-bond acceptors (Lipinski definition) is 4. The Bertz CT molecular complexity index is 761. The first-order valence-electron chi connectivity index (χ1n) is 6.03. The molecule has 0 aliphatic rings. The number of hydrogen-bond donors (Lipinski definition) is 2. The number of aromatic nitrogens is 2. The van der Waals surface area contributed by atoms with Crippen molar-refractivity contribution in [3.8, 4) is 0 Å². The highest BCUT2D eigenvalue weighted by Crippen LogP contribution is 2.25. The molecule has 0 aliphatic heterocycles. The fraction of sp³-hybridized carbons (Fsp3) is 0.250. The summed E-state index contributed by atoms with van der Waals surface area (Å²) < 4.78 is 42.1. The topological polar surface area (TPSA) is 90.0 Å². The van der Waals surface area contributed by atoms with Gasteiger partial charge in [0, 0.05) is 22.9 Å². The third-order valence-electron chi connectivity index (χ3n) is 2.74. The van der Waals surface area contributed by atoms with Crippen molar-refractivity contribution in [1.29, 1.82) is 0 Å². The van der Waals surface area contributed by atoms with Crippen LogP contribution in [0.1, 0.15) is 5.56 Å². The van der Waals surface area contributed by atoms with Gasteiger partial charge in [0.25, 0.3) is 0 Å². The Hall–Kier alpha value is -1.45. The molecular weight excluding hydrogens is 363 g/mol. The van der Waals surface area contributed by atoms with Crippen LogP contribution in [0.5, 0.6) is 0 Å². The predicted octanol–water partition coefficient (Wildman–Crippen LogP) is 1.65. The minimum Gasteiger partial charge on any atom is -0.398 e. The number of halogens is 2. The normalized spacial score (nSPS) is 11.8. The van der Waals surface area contributed by atoms with Gasteiger partial charge in [-0.15, -0.1) is 0 Å². The molecule has 0 radical (unpaired) electrons. The Labute approximate surface area is 130 Å². The molecule has 2 rings (SSSR count). The van der Waals surface area contributed by atoms with Crippen molar-refractivity contribution >= 4 is 31.6 Å². The van der Waals surface area contributed by atoms with E-state index in [1.54, 1.807) is 17.1 Å². The molecule has 6 nitrogen and oxygen atoms in total. The van der Waals surface area contributed by atoms with Gasteiger partial charge in [-0.25, -0.2) is 17.5 Å². The second-order valence-corrected chi connectivity index (χ2v) is 7.07.